The third kappa shape index (κ3) is 3.67. The number of aromatic nitrogens is 1. The van der Waals surface area contributed by atoms with Gasteiger partial charge in [0.15, 0.2) is 5.78 Å². The second-order valence-corrected chi connectivity index (χ2v) is 7.36. The first-order valence-electron chi connectivity index (χ1n) is 9.68. The Balaban J connectivity index is 1.96. The van der Waals surface area contributed by atoms with Crippen LogP contribution in [0.2, 0.25) is 0 Å². The predicted molar refractivity (Wildman–Crippen MR) is 121 cm³/mol. The molecule has 4 nitrogen and oxygen atoms in total. The van der Waals surface area contributed by atoms with Gasteiger partial charge in [-0.25, -0.2) is 0 Å². The number of hydrogen-bond donors (Lipinski definition) is 2. The SMILES string of the molecule is Cc1ccc2[nH]c(=O)c(C(=O)/C=C/c3cccc(O)c3)c(-c3ccccc3C)c2c1. The molecular formula is C26H21NO3. The maximum absolute atomic E-state index is 13.2. The standard InChI is InChI=1S/C26H21NO3/c1-16-10-12-22-21(14-16)24(20-9-4-3-6-17(20)2)25(26(30)27-22)23(29)13-11-18-7-5-8-19(28)15-18/h3-15,28H,1-2H3,(H,27,30)/b13-11+. The van der Waals surface area contributed by atoms with Crippen LogP contribution in [-0.2, 0) is 0 Å². The zero-order valence-electron chi connectivity index (χ0n) is 16.8. The number of benzene rings is 3. The number of carbonyl (C=O) groups excluding carboxylic acids is 1. The van der Waals surface area contributed by atoms with Crippen molar-refractivity contribution in [1.82, 2.24) is 4.98 Å². The Kier molecular flexibility index (Phi) is 5.07. The van der Waals surface area contributed by atoms with E-state index in [1.54, 1.807) is 30.3 Å². The number of ketones is 1. The molecule has 3 aromatic carbocycles. The van der Waals surface area contributed by atoms with Crippen molar-refractivity contribution in [1.29, 1.82) is 0 Å². The largest absolute Gasteiger partial charge is 0.508 e. The Bertz CT molecular complexity index is 1360. The van der Waals surface area contributed by atoms with Gasteiger partial charge >= 0.3 is 0 Å². The average molecular weight is 395 g/mol. The number of phenolic OH excluding ortho intramolecular Hbond substituents is 1. The van der Waals surface area contributed by atoms with E-state index in [2.05, 4.69) is 4.98 Å². The fraction of sp³-hybridized carbons (Fsp3) is 0.0769. The van der Waals surface area contributed by atoms with Gasteiger partial charge in [0.25, 0.3) is 5.56 Å². The number of phenols is 1. The molecule has 0 spiro atoms. The van der Waals surface area contributed by atoms with E-state index in [0.717, 1.165) is 22.1 Å². The molecule has 4 aromatic rings. The van der Waals surface area contributed by atoms with E-state index in [9.17, 15) is 14.7 Å². The highest BCUT2D eigenvalue weighted by molar-refractivity contribution is 6.15. The first-order chi connectivity index (χ1) is 14.4. The number of fused-ring (bicyclic) bond motifs is 1. The highest BCUT2D eigenvalue weighted by Gasteiger charge is 2.20. The van der Waals surface area contributed by atoms with Gasteiger partial charge in [0.05, 0.1) is 5.56 Å². The van der Waals surface area contributed by atoms with Crippen LogP contribution in [0.4, 0.5) is 0 Å². The average Bonchev–Trinajstić information content (AvgIpc) is 2.72. The number of aromatic amines is 1. The number of hydrogen-bond acceptors (Lipinski definition) is 3. The number of pyridine rings is 1. The van der Waals surface area contributed by atoms with Gasteiger partial charge in [-0.3, -0.25) is 9.59 Å². The molecule has 4 rings (SSSR count). The Morgan fingerprint density at radius 1 is 0.967 bits per heavy atom. The monoisotopic (exact) mass is 395 g/mol. The lowest BCUT2D eigenvalue weighted by Gasteiger charge is -2.14. The fourth-order valence-electron chi connectivity index (χ4n) is 3.66. The van der Waals surface area contributed by atoms with Crippen molar-refractivity contribution >= 4 is 22.8 Å². The third-order valence-electron chi connectivity index (χ3n) is 5.13. The molecule has 0 atom stereocenters. The Labute approximate surface area is 174 Å². The lowest BCUT2D eigenvalue weighted by molar-refractivity contribution is 0.104. The first-order valence-corrected chi connectivity index (χ1v) is 9.68. The molecule has 0 aliphatic rings. The van der Waals surface area contributed by atoms with Crippen LogP contribution in [0.25, 0.3) is 28.1 Å². The third-order valence-corrected chi connectivity index (χ3v) is 5.13. The molecule has 0 fully saturated rings. The molecule has 0 saturated heterocycles. The van der Waals surface area contributed by atoms with Crippen molar-refractivity contribution in [2.24, 2.45) is 0 Å². The molecule has 1 heterocycles. The number of H-pyrrole nitrogens is 1. The molecule has 0 bridgehead atoms. The zero-order chi connectivity index (χ0) is 21.3. The van der Waals surface area contributed by atoms with Crippen LogP contribution in [0, 0.1) is 13.8 Å². The van der Waals surface area contributed by atoms with Crippen molar-refractivity contribution in [3.8, 4) is 16.9 Å². The lowest BCUT2D eigenvalue weighted by atomic mass is 9.91. The van der Waals surface area contributed by atoms with Gasteiger partial charge in [-0.15, -0.1) is 0 Å². The number of carbonyl (C=O) groups is 1. The minimum atomic E-state index is -0.421. The van der Waals surface area contributed by atoms with Crippen LogP contribution in [0.15, 0.2) is 77.6 Å². The second-order valence-electron chi connectivity index (χ2n) is 7.36. The van der Waals surface area contributed by atoms with Crippen LogP contribution in [0.3, 0.4) is 0 Å². The summed E-state index contributed by atoms with van der Waals surface area (Å²) in [6.45, 7) is 3.95. The fourth-order valence-corrected chi connectivity index (χ4v) is 3.66. The summed E-state index contributed by atoms with van der Waals surface area (Å²) >= 11 is 0. The highest BCUT2D eigenvalue weighted by atomic mass is 16.3. The lowest BCUT2D eigenvalue weighted by Crippen LogP contribution is -2.19. The smallest absolute Gasteiger partial charge is 0.260 e. The van der Waals surface area contributed by atoms with Crippen molar-refractivity contribution < 1.29 is 9.90 Å². The van der Waals surface area contributed by atoms with Gasteiger partial charge in [-0.05, 0) is 60.9 Å². The molecule has 0 unspecified atom stereocenters. The minimum Gasteiger partial charge on any atom is -0.508 e. The van der Waals surface area contributed by atoms with Gasteiger partial charge < -0.3 is 10.1 Å². The highest BCUT2D eigenvalue weighted by Crippen LogP contribution is 2.32. The Hall–Kier alpha value is -3.92. The first kappa shape index (κ1) is 19.4. The molecule has 2 N–H and O–H groups in total. The summed E-state index contributed by atoms with van der Waals surface area (Å²) in [5.74, 6) is -0.273. The molecule has 0 aliphatic carbocycles. The molecule has 0 radical (unpaired) electrons. The number of aromatic hydroxyl groups is 1. The van der Waals surface area contributed by atoms with Crippen LogP contribution < -0.4 is 5.56 Å². The summed E-state index contributed by atoms with van der Waals surface area (Å²) in [7, 11) is 0. The van der Waals surface area contributed by atoms with Crippen molar-refractivity contribution in [3.63, 3.8) is 0 Å². The summed E-state index contributed by atoms with van der Waals surface area (Å²) in [5.41, 5.74) is 4.57. The maximum Gasteiger partial charge on any atom is 0.260 e. The van der Waals surface area contributed by atoms with E-state index in [1.165, 1.54) is 6.08 Å². The Morgan fingerprint density at radius 2 is 1.77 bits per heavy atom. The van der Waals surface area contributed by atoms with Crippen LogP contribution in [0.1, 0.15) is 27.0 Å². The molecular weight excluding hydrogens is 374 g/mol. The normalized spacial score (nSPS) is 11.3. The van der Waals surface area contributed by atoms with E-state index in [-0.39, 0.29) is 17.1 Å². The van der Waals surface area contributed by atoms with Crippen molar-refractivity contribution in [2.45, 2.75) is 13.8 Å². The minimum absolute atomic E-state index is 0.110. The van der Waals surface area contributed by atoms with E-state index in [4.69, 9.17) is 0 Å². The molecule has 1 aromatic heterocycles. The van der Waals surface area contributed by atoms with Crippen LogP contribution in [0.5, 0.6) is 5.75 Å². The molecule has 0 aliphatic heterocycles. The number of allylic oxidation sites excluding steroid dienone is 1. The Morgan fingerprint density at radius 3 is 2.53 bits per heavy atom. The number of nitrogens with one attached hydrogen (secondary N) is 1. The van der Waals surface area contributed by atoms with Crippen LogP contribution in [-0.4, -0.2) is 15.9 Å². The summed E-state index contributed by atoms with van der Waals surface area (Å²) in [5, 5.41) is 10.5. The summed E-state index contributed by atoms with van der Waals surface area (Å²) in [6.07, 6.45) is 2.98. The van der Waals surface area contributed by atoms with Crippen LogP contribution >= 0.6 is 0 Å². The maximum atomic E-state index is 13.2. The molecule has 148 valence electrons. The molecule has 0 amide bonds. The summed E-state index contributed by atoms with van der Waals surface area (Å²) in [4.78, 5) is 29.0. The van der Waals surface area contributed by atoms with E-state index in [0.29, 0.717) is 16.6 Å². The van der Waals surface area contributed by atoms with Gasteiger partial charge in [0, 0.05) is 16.5 Å². The number of rotatable bonds is 4. The van der Waals surface area contributed by atoms with Gasteiger partial charge in [0.1, 0.15) is 5.75 Å². The molecule has 4 heteroatoms. The van der Waals surface area contributed by atoms with Crippen molar-refractivity contribution in [2.75, 3.05) is 0 Å². The van der Waals surface area contributed by atoms with Gasteiger partial charge in [-0.1, -0.05) is 54.1 Å². The van der Waals surface area contributed by atoms with E-state index >= 15 is 0 Å². The van der Waals surface area contributed by atoms with Gasteiger partial charge in [-0.2, -0.15) is 0 Å². The quantitative estimate of drug-likeness (QED) is 0.358. The van der Waals surface area contributed by atoms with E-state index in [1.807, 2.05) is 56.3 Å². The molecule has 30 heavy (non-hydrogen) atoms. The zero-order valence-corrected chi connectivity index (χ0v) is 16.8. The summed E-state index contributed by atoms with van der Waals surface area (Å²) < 4.78 is 0. The number of aryl methyl sites for hydroxylation is 2. The van der Waals surface area contributed by atoms with Crippen molar-refractivity contribution in [3.05, 3.63) is 105 Å². The predicted octanol–water partition coefficient (Wildman–Crippen LogP) is 5.41. The topological polar surface area (TPSA) is 70.2 Å². The molecule has 0 saturated carbocycles. The van der Waals surface area contributed by atoms with Gasteiger partial charge in [0.2, 0.25) is 0 Å². The summed E-state index contributed by atoms with van der Waals surface area (Å²) in [6, 6.07) is 20.1. The second kappa shape index (κ2) is 7.84. The van der Waals surface area contributed by atoms with E-state index < -0.39 is 5.56 Å².